The number of amides is 1. The Labute approximate surface area is 121 Å². The van der Waals surface area contributed by atoms with E-state index in [1.165, 1.54) is 6.07 Å². The molecule has 0 fully saturated rings. The second-order valence-electron chi connectivity index (χ2n) is 4.59. The molecule has 0 saturated carbocycles. The number of carbonyl (C=O) groups excluding carboxylic acids is 1. The van der Waals surface area contributed by atoms with E-state index in [2.05, 4.69) is 10.3 Å². The Bertz CT molecular complexity index is 659. The molecule has 7 nitrogen and oxygen atoms in total. The van der Waals surface area contributed by atoms with Gasteiger partial charge in [-0.3, -0.25) is 14.9 Å². The Morgan fingerprint density at radius 1 is 1.38 bits per heavy atom. The van der Waals surface area contributed by atoms with Crippen molar-refractivity contribution < 1.29 is 14.1 Å². The molecule has 0 aliphatic carbocycles. The van der Waals surface area contributed by atoms with Crippen molar-refractivity contribution in [2.45, 2.75) is 26.8 Å². The van der Waals surface area contributed by atoms with E-state index in [1.807, 2.05) is 6.92 Å². The number of hydrogen-bond donors (Lipinski definition) is 1. The third-order valence-corrected chi connectivity index (χ3v) is 3.05. The van der Waals surface area contributed by atoms with Gasteiger partial charge in [0.15, 0.2) is 0 Å². The number of oxazole rings is 1. The van der Waals surface area contributed by atoms with E-state index >= 15 is 0 Å². The molecule has 2 aromatic rings. The molecule has 7 heteroatoms. The minimum absolute atomic E-state index is 0.0597. The van der Waals surface area contributed by atoms with Crippen LogP contribution in [0.15, 0.2) is 28.7 Å². The molecule has 1 aromatic heterocycles. The second kappa shape index (κ2) is 6.17. The highest BCUT2D eigenvalue weighted by atomic mass is 16.6. The fourth-order valence-corrected chi connectivity index (χ4v) is 1.86. The molecular formula is C14H15N3O4. The highest BCUT2D eigenvalue weighted by Gasteiger charge is 2.15. The van der Waals surface area contributed by atoms with Gasteiger partial charge in [0.05, 0.1) is 23.6 Å². The third-order valence-electron chi connectivity index (χ3n) is 3.05. The topological polar surface area (TPSA) is 98.3 Å². The summed E-state index contributed by atoms with van der Waals surface area (Å²) in [5.74, 6) is 0.802. The number of nitrogens with one attached hydrogen (secondary N) is 1. The Kier molecular flexibility index (Phi) is 4.32. The lowest BCUT2D eigenvalue weighted by atomic mass is 10.1. The quantitative estimate of drug-likeness (QED) is 0.671. The highest BCUT2D eigenvalue weighted by molar-refractivity contribution is 5.79. The van der Waals surface area contributed by atoms with Crippen LogP contribution < -0.4 is 5.32 Å². The lowest BCUT2D eigenvalue weighted by molar-refractivity contribution is -0.385. The molecule has 0 aliphatic rings. The summed E-state index contributed by atoms with van der Waals surface area (Å²) in [5.41, 5.74) is 1.09. The Morgan fingerprint density at radius 2 is 2.10 bits per heavy atom. The summed E-state index contributed by atoms with van der Waals surface area (Å²) < 4.78 is 5.34. The summed E-state index contributed by atoms with van der Waals surface area (Å²) in [6, 6.07) is 6.18. The third kappa shape index (κ3) is 3.65. The lowest BCUT2D eigenvalue weighted by Crippen LogP contribution is -2.25. The van der Waals surface area contributed by atoms with E-state index in [4.69, 9.17) is 4.42 Å². The molecule has 0 unspecified atom stereocenters. The van der Waals surface area contributed by atoms with Gasteiger partial charge in [-0.05, 0) is 13.8 Å². The van der Waals surface area contributed by atoms with Crippen molar-refractivity contribution in [3.05, 3.63) is 57.3 Å². The molecule has 1 heterocycles. The first-order valence-electron chi connectivity index (χ1n) is 6.39. The van der Waals surface area contributed by atoms with Crippen LogP contribution in [0.1, 0.15) is 22.9 Å². The van der Waals surface area contributed by atoms with Gasteiger partial charge >= 0.3 is 0 Å². The molecule has 0 radical (unpaired) electrons. The van der Waals surface area contributed by atoms with Crippen LogP contribution in [0.25, 0.3) is 0 Å². The molecule has 0 atom stereocenters. The standard InChI is InChI=1S/C14H15N3O4/c1-9-10(2)21-14(16-9)8-15-13(18)7-11-5-3-4-6-12(11)17(19)20/h3-6H,7-8H2,1-2H3,(H,15,18). The fraction of sp³-hybridized carbons (Fsp3) is 0.286. The molecule has 0 bridgehead atoms. The summed E-state index contributed by atoms with van der Waals surface area (Å²) in [7, 11) is 0. The first-order valence-corrected chi connectivity index (χ1v) is 6.39. The molecule has 0 aliphatic heterocycles. The first kappa shape index (κ1) is 14.7. The second-order valence-corrected chi connectivity index (χ2v) is 4.59. The van der Waals surface area contributed by atoms with Crippen LogP contribution in [0.3, 0.4) is 0 Å². The fourth-order valence-electron chi connectivity index (χ4n) is 1.86. The number of aromatic nitrogens is 1. The maximum Gasteiger partial charge on any atom is 0.273 e. The van der Waals surface area contributed by atoms with Gasteiger partial charge in [-0.15, -0.1) is 0 Å². The average Bonchev–Trinajstić information content (AvgIpc) is 2.76. The van der Waals surface area contributed by atoms with Crippen molar-refractivity contribution in [2.75, 3.05) is 0 Å². The maximum absolute atomic E-state index is 11.8. The monoisotopic (exact) mass is 289 g/mol. The molecule has 1 aromatic carbocycles. The van der Waals surface area contributed by atoms with E-state index in [0.29, 0.717) is 17.2 Å². The number of rotatable bonds is 5. The maximum atomic E-state index is 11.8. The van der Waals surface area contributed by atoms with E-state index in [9.17, 15) is 14.9 Å². The number of aryl methyl sites for hydroxylation is 2. The number of nitrogens with zero attached hydrogens (tertiary/aromatic N) is 2. The summed E-state index contributed by atoms with van der Waals surface area (Å²) in [6.45, 7) is 3.77. The van der Waals surface area contributed by atoms with Crippen molar-refractivity contribution in [1.82, 2.24) is 10.3 Å². The Morgan fingerprint density at radius 3 is 2.71 bits per heavy atom. The minimum Gasteiger partial charge on any atom is -0.444 e. The zero-order chi connectivity index (χ0) is 15.4. The number of nitro benzene ring substituents is 1. The smallest absolute Gasteiger partial charge is 0.273 e. The van der Waals surface area contributed by atoms with Crippen LogP contribution in [-0.4, -0.2) is 15.8 Å². The number of carbonyl (C=O) groups is 1. The van der Waals surface area contributed by atoms with Crippen LogP contribution in [-0.2, 0) is 17.8 Å². The van der Waals surface area contributed by atoms with Gasteiger partial charge in [-0.1, -0.05) is 18.2 Å². The van der Waals surface area contributed by atoms with Gasteiger partial charge in [0.1, 0.15) is 5.76 Å². The van der Waals surface area contributed by atoms with Crippen LogP contribution in [0.5, 0.6) is 0 Å². The van der Waals surface area contributed by atoms with E-state index < -0.39 is 4.92 Å². The molecular weight excluding hydrogens is 274 g/mol. The SMILES string of the molecule is Cc1nc(CNC(=O)Cc2ccccc2[N+](=O)[O-])oc1C. The van der Waals surface area contributed by atoms with Gasteiger partial charge in [0.25, 0.3) is 5.69 Å². The zero-order valence-corrected chi connectivity index (χ0v) is 11.8. The van der Waals surface area contributed by atoms with Crippen LogP contribution in [0, 0.1) is 24.0 Å². The molecule has 21 heavy (non-hydrogen) atoms. The number of benzene rings is 1. The van der Waals surface area contributed by atoms with Gasteiger partial charge in [-0.25, -0.2) is 4.98 Å². The molecule has 1 amide bonds. The van der Waals surface area contributed by atoms with E-state index in [0.717, 1.165) is 5.69 Å². The van der Waals surface area contributed by atoms with Gasteiger partial charge in [-0.2, -0.15) is 0 Å². The van der Waals surface area contributed by atoms with Gasteiger partial charge in [0, 0.05) is 11.6 Å². The van der Waals surface area contributed by atoms with Gasteiger partial charge < -0.3 is 9.73 Å². The summed E-state index contributed by atoms with van der Waals surface area (Å²) >= 11 is 0. The van der Waals surface area contributed by atoms with E-state index in [-0.39, 0.29) is 24.6 Å². The van der Waals surface area contributed by atoms with Crippen molar-refractivity contribution in [1.29, 1.82) is 0 Å². The Hall–Kier alpha value is -2.70. The van der Waals surface area contributed by atoms with Crippen LogP contribution >= 0.6 is 0 Å². The van der Waals surface area contributed by atoms with Crippen molar-refractivity contribution in [3.8, 4) is 0 Å². The van der Waals surface area contributed by atoms with Crippen LogP contribution in [0.2, 0.25) is 0 Å². The average molecular weight is 289 g/mol. The molecule has 0 spiro atoms. The van der Waals surface area contributed by atoms with Gasteiger partial charge in [0.2, 0.25) is 11.8 Å². The minimum atomic E-state index is -0.497. The Balaban J connectivity index is 1.97. The molecule has 1 N–H and O–H groups in total. The lowest BCUT2D eigenvalue weighted by Gasteiger charge is -2.03. The predicted molar refractivity (Wildman–Crippen MR) is 74.6 cm³/mol. The molecule has 0 saturated heterocycles. The summed E-state index contributed by atoms with van der Waals surface area (Å²) in [6.07, 6.45) is -0.0597. The largest absolute Gasteiger partial charge is 0.444 e. The molecule has 2 rings (SSSR count). The number of nitro groups is 1. The normalized spacial score (nSPS) is 10.4. The number of hydrogen-bond acceptors (Lipinski definition) is 5. The van der Waals surface area contributed by atoms with Crippen LogP contribution in [0.4, 0.5) is 5.69 Å². The van der Waals surface area contributed by atoms with Crippen molar-refractivity contribution >= 4 is 11.6 Å². The summed E-state index contributed by atoms with van der Waals surface area (Å²) in [4.78, 5) is 26.4. The number of para-hydroxylation sites is 1. The van der Waals surface area contributed by atoms with E-state index in [1.54, 1.807) is 25.1 Å². The summed E-state index contributed by atoms with van der Waals surface area (Å²) in [5, 5.41) is 13.5. The molecule has 110 valence electrons. The first-order chi connectivity index (χ1) is 9.97. The van der Waals surface area contributed by atoms with Crippen molar-refractivity contribution in [2.24, 2.45) is 0 Å². The predicted octanol–water partition coefficient (Wildman–Crippen LogP) is 2.06. The highest BCUT2D eigenvalue weighted by Crippen LogP contribution is 2.18. The van der Waals surface area contributed by atoms with Crippen molar-refractivity contribution in [3.63, 3.8) is 0 Å². The zero-order valence-electron chi connectivity index (χ0n) is 11.8.